The molecule has 0 atom stereocenters. The van der Waals surface area contributed by atoms with Gasteiger partial charge in [0, 0.05) is 65.4 Å². The van der Waals surface area contributed by atoms with Crippen molar-refractivity contribution in [2.24, 2.45) is 0 Å². The van der Waals surface area contributed by atoms with E-state index in [1.807, 2.05) is 11.8 Å². The van der Waals surface area contributed by atoms with Gasteiger partial charge in [-0.1, -0.05) is 36.1 Å². The number of nitrogens with one attached hydrogen (secondary N) is 1. The number of carbonyl (C=O) groups excluding carboxylic acids is 1. The van der Waals surface area contributed by atoms with E-state index in [-0.39, 0.29) is 5.78 Å². The van der Waals surface area contributed by atoms with Crippen molar-refractivity contribution in [1.29, 1.82) is 0 Å². The fourth-order valence-electron chi connectivity index (χ4n) is 7.39. The second-order valence-corrected chi connectivity index (χ2v) is 15.1. The fourth-order valence-corrected chi connectivity index (χ4v) is 9.74. The highest BCUT2D eigenvalue weighted by atomic mass is 32.2. The van der Waals surface area contributed by atoms with Gasteiger partial charge in [-0.05, 0) is 114 Å². The Hall–Kier alpha value is -4.01. The van der Waals surface area contributed by atoms with Gasteiger partial charge in [0.25, 0.3) is 5.01 Å². The third-order valence-electron chi connectivity index (χ3n) is 9.87. The predicted octanol–water partition coefficient (Wildman–Crippen LogP) is 7.58. The molecule has 1 N–H and O–H groups in total. The van der Waals surface area contributed by atoms with Gasteiger partial charge in [0.05, 0.1) is 11.4 Å². The number of hydrogen-bond donors (Lipinski definition) is 1. The van der Waals surface area contributed by atoms with E-state index in [4.69, 9.17) is 0 Å². The van der Waals surface area contributed by atoms with Crippen molar-refractivity contribution in [3.8, 4) is 0 Å². The average molecular weight is 691 g/mol. The minimum Gasteiger partial charge on any atom is -0.372 e. The van der Waals surface area contributed by atoms with Crippen molar-refractivity contribution in [3.05, 3.63) is 104 Å². The van der Waals surface area contributed by atoms with Crippen LogP contribution >= 0.6 is 23.1 Å². The van der Waals surface area contributed by atoms with Crippen molar-refractivity contribution in [3.63, 3.8) is 0 Å². The Bertz CT molecular complexity index is 1930. The lowest BCUT2D eigenvalue weighted by atomic mass is 9.89. The van der Waals surface area contributed by atoms with Gasteiger partial charge in [-0.2, -0.15) is 4.57 Å². The summed E-state index contributed by atoms with van der Waals surface area (Å²) in [6.07, 6.45) is 15.6. The Kier molecular flexibility index (Phi) is 10.1. The van der Waals surface area contributed by atoms with Gasteiger partial charge in [-0.25, -0.2) is 0 Å². The van der Waals surface area contributed by atoms with Gasteiger partial charge in [0.1, 0.15) is 16.9 Å². The molecule has 0 saturated carbocycles. The zero-order chi connectivity index (χ0) is 33.9. The predicted molar refractivity (Wildman–Crippen MR) is 211 cm³/mol. The van der Waals surface area contributed by atoms with Crippen molar-refractivity contribution < 1.29 is 9.36 Å². The van der Waals surface area contributed by atoms with Gasteiger partial charge in [0.2, 0.25) is 5.35 Å². The molecule has 8 heteroatoms. The van der Waals surface area contributed by atoms with E-state index in [1.165, 1.54) is 39.8 Å². The third-order valence-corrected chi connectivity index (χ3v) is 12.2. The number of aromatic nitrogens is 1. The van der Waals surface area contributed by atoms with Crippen molar-refractivity contribution in [1.82, 2.24) is 0 Å². The summed E-state index contributed by atoms with van der Waals surface area (Å²) in [5.41, 5.74) is 7.48. The Balaban J connectivity index is 1.11. The number of anilines is 4. The maximum absolute atomic E-state index is 14.1. The SMILES string of the molecule is C=C(CCCSC1=C(C=C2N(CC)c3ccccc3N2CC)C(=O)/C1=C/c1sc2c([n+]1CC)=CCCC=2)Nc1ccc(N2CCCC2)cc1. The lowest BCUT2D eigenvalue weighted by molar-refractivity contribution is -0.703. The zero-order valence-electron chi connectivity index (χ0n) is 29.1. The summed E-state index contributed by atoms with van der Waals surface area (Å²) in [7, 11) is 0. The number of carbonyl (C=O) groups is 1. The summed E-state index contributed by atoms with van der Waals surface area (Å²) in [4.78, 5) is 22.3. The molecule has 0 unspecified atom stereocenters. The molecule has 1 saturated heterocycles. The Morgan fingerprint density at radius 1 is 0.959 bits per heavy atom. The minimum absolute atomic E-state index is 0.142. The van der Waals surface area contributed by atoms with Crippen LogP contribution in [0, 0.1) is 0 Å². The van der Waals surface area contributed by atoms with Crippen LogP contribution in [-0.4, -0.2) is 37.7 Å². The number of ketones is 1. The maximum atomic E-state index is 14.1. The molecule has 0 radical (unpaired) electrons. The van der Waals surface area contributed by atoms with Crippen molar-refractivity contribution >= 4 is 69.9 Å². The molecule has 3 heterocycles. The van der Waals surface area contributed by atoms with Gasteiger partial charge < -0.3 is 20.0 Å². The van der Waals surface area contributed by atoms with Crippen LogP contribution in [0.1, 0.15) is 64.3 Å². The van der Waals surface area contributed by atoms with Crippen LogP contribution in [0.2, 0.25) is 0 Å². The van der Waals surface area contributed by atoms with E-state index in [2.05, 4.69) is 125 Å². The smallest absolute Gasteiger partial charge is 0.263 e. The molecule has 49 heavy (non-hydrogen) atoms. The van der Waals surface area contributed by atoms with Crippen LogP contribution < -0.4 is 34.5 Å². The molecule has 1 aromatic heterocycles. The van der Waals surface area contributed by atoms with E-state index < -0.39 is 0 Å². The summed E-state index contributed by atoms with van der Waals surface area (Å²) in [5.74, 6) is 2.13. The summed E-state index contributed by atoms with van der Waals surface area (Å²) < 4.78 is 3.69. The van der Waals surface area contributed by atoms with E-state index in [0.717, 1.165) is 102 Å². The first kappa shape index (κ1) is 33.5. The van der Waals surface area contributed by atoms with Gasteiger partial charge >= 0.3 is 0 Å². The number of hydrogen-bond acceptors (Lipinski definition) is 7. The Morgan fingerprint density at radius 2 is 1.65 bits per heavy atom. The highest BCUT2D eigenvalue weighted by Gasteiger charge is 2.37. The third kappa shape index (κ3) is 6.65. The fraction of sp³-hybridized carbons (Fsp3) is 0.366. The standard InChI is InChI=1S/C41H47N5OS2/c1-5-44-34-16-8-9-17-35(34)45(6-2)38(44)27-32-40(47)33(28-39-46(7-3)36-18-10-11-19-37(36)49-39)41(32)48-26-14-15-29(4)42-30-20-22-31(23-21-30)43-24-12-13-25-43/h8-9,16-23,27-28H,4-7,10-15,24-26H2,1-3H3/p+1. The summed E-state index contributed by atoms with van der Waals surface area (Å²) in [6, 6.07) is 17.3. The lowest BCUT2D eigenvalue weighted by Gasteiger charge is -2.28. The van der Waals surface area contributed by atoms with Gasteiger partial charge in [-0.15, -0.1) is 11.8 Å². The van der Waals surface area contributed by atoms with E-state index in [9.17, 15) is 4.79 Å². The molecule has 7 rings (SSSR count). The molecule has 254 valence electrons. The van der Waals surface area contributed by atoms with Gasteiger partial charge in [0.15, 0.2) is 5.78 Å². The number of benzene rings is 2. The summed E-state index contributed by atoms with van der Waals surface area (Å²) in [5, 5.41) is 5.98. The van der Waals surface area contributed by atoms with Crippen LogP contribution in [0.5, 0.6) is 0 Å². The van der Waals surface area contributed by atoms with Crippen LogP contribution in [0.3, 0.4) is 0 Å². The second kappa shape index (κ2) is 14.9. The van der Waals surface area contributed by atoms with Crippen molar-refractivity contribution in [2.75, 3.05) is 51.9 Å². The number of thiazole rings is 1. The number of thioether (sulfide) groups is 1. The molecule has 3 aromatic rings. The largest absolute Gasteiger partial charge is 0.372 e. The molecule has 0 spiro atoms. The summed E-state index contributed by atoms with van der Waals surface area (Å²) in [6.45, 7) is 15.8. The molecule has 6 nitrogen and oxygen atoms in total. The lowest BCUT2D eigenvalue weighted by Crippen LogP contribution is -2.53. The Morgan fingerprint density at radius 3 is 2.33 bits per heavy atom. The first-order valence-corrected chi connectivity index (χ1v) is 19.8. The number of para-hydroxylation sites is 2. The number of rotatable bonds is 13. The number of fused-ring (bicyclic) bond motifs is 2. The molecular weight excluding hydrogens is 643 g/mol. The van der Waals surface area contributed by atoms with Gasteiger partial charge in [-0.3, -0.25) is 4.79 Å². The molecule has 2 aromatic carbocycles. The van der Waals surface area contributed by atoms with E-state index in [1.54, 1.807) is 11.3 Å². The van der Waals surface area contributed by atoms with E-state index in [0.29, 0.717) is 0 Å². The monoisotopic (exact) mass is 690 g/mol. The normalized spacial score (nSPS) is 17.6. The topological polar surface area (TPSA) is 42.7 Å². The number of nitrogens with zero attached hydrogens (tertiary/aromatic N) is 4. The van der Waals surface area contributed by atoms with Crippen LogP contribution in [-0.2, 0) is 11.3 Å². The molecule has 2 aliphatic carbocycles. The summed E-state index contributed by atoms with van der Waals surface area (Å²) >= 11 is 3.62. The molecule has 2 aliphatic heterocycles. The van der Waals surface area contributed by atoms with Crippen molar-refractivity contribution in [2.45, 2.75) is 65.8 Å². The minimum atomic E-state index is 0.142. The first-order valence-electron chi connectivity index (χ1n) is 18.0. The van der Waals surface area contributed by atoms with E-state index >= 15 is 0 Å². The molecule has 1 fully saturated rings. The maximum Gasteiger partial charge on any atom is 0.263 e. The number of Topliss-reactive ketones (excluding diaryl/α,β-unsaturated/α-hetero) is 1. The highest BCUT2D eigenvalue weighted by Crippen LogP contribution is 2.45. The molecule has 0 bridgehead atoms. The average Bonchev–Trinajstić information content (AvgIpc) is 3.86. The molecular formula is C41H48N5OS2+. The van der Waals surface area contributed by atoms with Crippen LogP contribution in [0.4, 0.5) is 22.7 Å². The Labute approximate surface area is 299 Å². The first-order chi connectivity index (χ1) is 24.0. The van der Waals surface area contributed by atoms with Crippen LogP contribution in [0.15, 0.2) is 88.8 Å². The zero-order valence-corrected chi connectivity index (χ0v) is 30.8. The molecule has 4 aliphatic rings. The molecule has 0 amide bonds. The van der Waals surface area contributed by atoms with Crippen LogP contribution in [0.25, 0.3) is 18.2 Å². The second-order valence-electron chi connectivity index (χ2n) is 13.0. The number of allylic oxidation sites excluding steroid dienone is 4. The highest BCUT2D eigenvalue weighted by molar-refractivity contribution is 8.03. The quantitative estimate of drug-likeness (QED) is 0.113.